The maximum atomic E-state index is 12.3. The van der Waals surface area contributed by atoms with E-state index < -0.39 is 22.9 Å². The second kappa shape index (κ2) is 8.81. The summed E-state index contributed by atoms with van der Waals surface area (Å²) in [5.41, 5.74) is 1.62. The van der Waals surface area contributed by atoms with Crippen LogP contribution in [-0.4, -0.2) is 49.2 Å². The molecule has 148 valence electrons. The number of carbonyl (C=O) groups excluding carboxylic acids is 2. The minimum Gasteiger partial charge on any atom is -0.448 e. The summed E-state index contributed by atoms with van der Waals surface area (Å²) >= 11 is 0.703. The number of thiophene rings is 1. The third kappa shape index (κ3) is 4.84. The Kier molecular flexibility index (Phi) is 6.22. The number of hydrogen-bond acceptors (Lipinski definition) is 8. The van der Waals surface area contributed by atoms with Crippen molar-refractivity contribution >= 4 is 39.6 Å². The Morgan fingerprint density at radius 2 is 1.89 bits per heavy atom. The largest absolute Gasteiger partial charge is 0.448 e. The van der Waals surface area contributed by atoms with Crippen LogP contribution in [0.5, 0.6) is 0 Å². The predicted octanol–water partition coefficient (Wildman–Crippen LogP) is 2.68. The summed E-state index contributed by atoms with van der Waals surface area (Å²) < 4.78 is 10.4. The quantitative estimate of drug-likeness (QED) is 0.447. The number of nitrogens with zero attached hydrogens (tertiary/aromatic N) is 2. The summed E-state index contributed by atoms with van der Waals surface area (Å²) in [7, 11) is 0. The molecule has 9 nitrogen and oxygen atoms in total. The van der Waals surface area contributed by atoms with Crippen LogP contribution in [-0.2, 0) is 14.3 Å². The summed E-state index contributed by atoms with van der Waals surface area (Å²) in [6, 6.07) is 9.90. The van der Waals surface area contributed by atoms with E-state index in [4.69, 9.17) is 9.47 Å². The number of amides is 1. The SMILES string of the molecule is C[C@H](OC(=O)c1ccc([N+](=O)[O-])s1)C(=O)Nc1ccc(N2CCOCC2)cc1. The van der Waals surface area contributed by atoms with Gasteiger partial charge in [-0.3, -0.25) is 14.9 Å². The first-order valence-electron chi connectivity index (χ1n) is 8.63. The van der Waals surface area contributed by atoms with Crippen molar-refractivity contribution in [2.75, 3.05) is 36.5 Å². The first kappa shape index (κ1) is 19.8. The third-order valence-corrected chi connectivity index (χ3v) is 5.15. The van der Waals surface area contributed by atoms with Gasteiger partial charge in [0.15, 0.2) is 6.10 Å². The molecule has 28 heavy (non-hydrogen) atoms. The second-order valence-electron chi connectivity index (χ2n) is 6.08. The average molecular weight is 405 g/mol. The van der Waals surface area contributed by atoms with Crippen LogP contribution in [0, 0.1) is 10.1 Å². The number of nitrogens with one attached hydrogen (secondary N) is 1. The molecule has 0 radical (unpaired) electrons. The number of rotatable bonds is 6. The highest BCUT2D eigenvalue weighted by Crippen LogP contribution is 2.25. The van der Waals surface area contributed by atoms with E-state index in [2.05, 4.69) is 10.2 Å². The summed E-state index contributed by atoms with van der Waals surface area (Å²) in [4.78, 5) is 36.7. The molecule has 1 aromatic carbocycles. The molecule has 1 N–H and O–H groups in total. The normalized spacial score (nSPS) is 15.0. The van der Waals surface area contributed by atoms with Gasteiger partial charge in [0.25, 0.3) is 5.91 Å². The second-order valence-corrected chi connectivity index (χ2v) is 7.14. The monoisotopic (exact) mass is 405 g/mol. The van der Waals surface area contributed by atoms with Crippen LogP contribution in [0.4, 0.5) is 16.4 Å². The zero-order valence-electron chi connectivity index (χ0n) is 15.1. The maximum Gasteiger partial charge on any atom is 0.349 e. The first-order chi connectivity index (χ1) is 13.4. The molecule has 1 aliphatic rings. The number of hydrogen-bond donors (Lipinski definition) is 1. The molecule has 0 unspecified atom stereocenters. The number of ether oxygens (including phenoxy) is 2. The Balaban J connectivity index is 1.54. The molecule has 0 spiro atoms. The number of nitro groups is 1. The van der Waals surface area contributed by atoms with Gasteiger partial charge in [0.05, 0.1) is 18.1 Å². The summed E-state index contributed by atoms with van der Waals surface area (Å²) in [6.45, 7) is 4.46. The molecule has 2 aromatic rings. The maximum absolute atomic E-state index is 12.3. The fourth-order valence-electron chi connectivity index (χ4n) is 2.63. The molecular formula is C18H19N3O6S. The molecule has 1 aromatic heterocycles. The van der Waals surface area contributed by atoms with Crippen molar-refractivity contribution in [2.45, 2.75) is 13.0 Å². The highest BCUT2D eigenvalue weighted by Gasteiger charge is 2.22. The van der Waals surface area contributed by atoms with Crippen LogP contribution in [0.15, 0.2) is 36.4 Å². The van der Waals surface area contributed by atoms with Gasteiger partial charge in [0, 0.05) is 30.5 Å². The molecule has 1 atom stereocenters. The lowest BCUT2D eigenvalue weighted by Crippen LogP contribution is -2.36. The summed E-state index contributed by atoms with van der Waals surface area (Å²) in [5, 5.41) is 13.2. The van der Waals surface area contributed by atoms with Gasteiger partial charge in [-0.1, -0.05) is 11.3 Å². The highest BCUT2D eigenvalue weighted by atomic mass is 32.1. The molecule has 0 aliphatic carbocycles. The van der Waals surface area contributed by atoms with E-state index in [0.717, 1.165) is 18.8 Å². The Morgan fingerprint density at radius 3 is 2.50 bits per heavy atom. The fraction of sp³-hybridized carbons (Fsp3) is 0.333. The zero-order valence-corrected chi connectivity index (χ0v) is 15.9. The Hall–Kier alpha value is -2.98. The fourth-order valence-corrected chi connectivity index (χ4v) is 3.33. The van der Waals surface area contributed by atoms with Gasteiger partial charge in [-0.15, -0.1) is 0 Å². The van der Waals surface area contributed by atoms with Gasteiger partial charge in [-0.25, -0.2) is 4.79 Å². The predicted molar refractivity (Wildman–Crippen MR) is 104 cm³/mol. The van der Waals surface area contributed by atoms with Crippen LogP contribution in [0.3, 0.4) is 0 Å². The van der Waals surface area contributed by atoms with Crippen molar-refractivity contribution in [3.8, 4) is 0 Å². The molecule has 0 bridgehead atoms. The van der Waals surface area contributed by atoms with E-state index in [1.807, 2.05) is 12.1 Å². The Bertz CT molecular complexity index is 860. The van der Waals surface area contributed by atoms with Crippen molar-refractivity contribution in [3.05, 3.63) is 51.4 Å². The molecule has 1 saturated heterocycles. The van der Waals surface area contributed by atoms with Gasteiger partial charge < -0.3 is 19.7 Å². The first-order valence-corrected chi connectivity index (χ1v) is 9.44. The topological polar surface area (TPSA) is 111 Å². The van der Waals surface area contributed by atoms with E-state index in [0.29, 0.717) is 30.2 Å². The van der Waals surface area contributed by atoms with Gasteiger partial charge in [0.2, 0.25) is 0 Å². The van der Waals surface area contributed by atoms with Gasteiger partial charge >= 0.3 is 11.0 Å². The minimum atomic E-state index is -1.05. The number of morpholine rings is 1. The van der Waals surface area contributed by atoms with Crippen molar-refractivity contribution in [2.24, 2.45) is 0 Å². The van der Waals surface area contributed by atoms with Crippen molar-refractivity contribution in [1.82, 2.24) is 0 Å². The Labute approximate surface area is 165 Å². The average Bonchev–Trinajstić information content (AvgIpc) is 3.20. The van der Waals surface area contributed by atoms with E-state index in [1.165, 1.54) is 19.1 Å². The molecule has 0 saturated carbocycles. The molecule has 3 rings (SSSR count). The minimum absolute atomic E-state index is 0.0706. The molecular weight excluding hydrogens is 386 g/mol. The smallest absolute Gasteiger partial charge is 0.349 e. The van der Waals surface area contributed by atoms with Gasteiger partial charge in [0.1, 0.15) is 4.88 Å². The third-order valence-electron chi connectivity index (χ3n) is 4.14. The van der Waals surface area contributed by atoms with Crippen LogP contribution in [0.1, 0.15) is 16.6 Å². The van der Waals surface area contributed by atoms with E-state index in [9.17, 15) is 19.7 Å². The lowest BCUT2D eigenvalue weighted by molar-refractivity contribution is -0.380. The number of esters is 1. The van der Waals surface area contributed by atoms with Crippen molar-refractivity contribution in [1.29, 1.82) is 0 Å². The molecule has 2 heterocycles. The van der Waals surface area contributed by atoms with Crippen LogP contribution in [0.25, 0.3) is 0 Å². The van der Waals surface area contributed by atoms with E-state index in [-0.39, 0.29) is 9.88 Å². The summed E-state index contributed by atoms with van der Waals surface area (Å²) in [6.07, 6.45) is -1.05. The standard InChI is InChI=1S/C18H19N3O6S/c1-12(27-18(23)15-6-7-16(28-15)21(24)25)17(22)19-13-2-4-14(5-3-13)20-8-10-26-11-9-20/h2-7,12H,8-11H2,1H3,(H,19,22)/t12-/m0/s1. The summed E-state index contributed by atoms with van der Waals surface area (Å²) in [5.74, 6) is -1.26. The van der Waals surface area contributed by atoms with E-state index >= 15 is 0 Å². The molecule has 1 aliphatic heterocycles. The lowest BCUT2D eigenvalue weighted by atomic mass is 10.2. The number of anilines is 2. The number of carbonyl (C=O) groups is 2. The molecule has 10 heteroatoms. The van der Waals surface area contributed by atoms with Crippen molar-refractivity contribution in [3.63, 3.8) is 0 Å². The number of benzene rings is 1. The van der Waals surface area contributed by atoms with Gasteiger partial charge in [-0.2, -0.15) is 0 Å². The molecule has 1 amide bonds. The molecule has 1 fully saturated rings. The van der Waals surface area contributed by atoms with Crippen LogP contribution >= 0.6 is 11.3 Å². The zero-order chi connectivity index (χ0) is 20.1. The highest BCUT2D eigenvalue weighted by molar-refractivity contribution is 7.17. The van der Waals surface area contributed by atoms with Crippen molar-refractivity contribution < 1.29 is 24.0 Å². The van der Waals surface area contributed by atoms with E-state index in [1.54, 1.807) is 12.1 Å². The Morgan fingerprint density at radius 1 is 1.21 bits per heavy atom. The van der Waals surface area contributed by atoms with Gasteiger partial charge in [-0.05, 0) is 37.3 Å². The van der Waals surface area contributed by atoms with Crippen LogP contribution in [0.2, 0.25) is 0 Å². The van der Waals surface area contributed by atoms with Crippen LogP contribution < -0.4 is 10.2 Å². The lowest BCUT2D eigenvalue weighted by Gasteiger charge is -2.28.